The predicted molar refractivity (Wildman–Crippen MR) is 142 cm³/mol. The van der Waals surface area contributed by atoms with Gasteiger partial charge in [0.15, 0.2) is 0 Å². The highest BCUT2D eigenvalue weighted by Crippen LogP contribution is 2.24. The monoisotopic (exact) mass is 577 g/mol. The van der Waals surface area contributed by atoms with E-state index in [1.165, 1.54) is 28.6 Å². The molecule has 208 valence electrons. The third kappa shape index (κ3) is 7.12. The number of amides is 1. The van der Waals surface area contributed by atoms with Crippen LogP contribution in [0, 0.1) is 5.82 Å². The Kier molecular flexibility index (Phi) is 9.17. The Morgan fingerprint density at radius 1 is 0.897 bits per heavy atom. The van der Waals surface area contributed by atoms with Gasteiger partial charge in [-0.2, -0.15) is 4.31 Å². The first-order valence-electron chi connectivity index (χ1n) is 12.1. The number of anilines is 1. The number of carbonyl (C=O) groups is 1. The molecule has 1 amide bonds. The first-order chi connectivity index (χ1) is 18.7. The summed E-state index contributed by atoms with van der Waals surface area (Å²) >= 11 is 0. The molecule has 0 aliphatic carbocycles. The number of hydrogen-bond acceptors (Lipinski definition) is 7. The minimum Gasteiger partial charge on any atom is -0.492 e. The molecule has 4 rings (SSSR count). The molecule has 0 bridgehead atoms. The Morgan fingerprint density at radius 3 is 2.15 bits per heavy atom. The highest BCUT2D eigenvalue weighted by Gasteiger charge is 2.28. The molecule has 0 spiro atoms. The third-order valence-corrected chi connectivity index (χ3v) is 9.56. The Bertz CT molecular complexity index is 1460. The molecule has 1 heterocycles. The molecule has 10 nitrogen and oxygen atoms in total. The normalized spacial score (nSPS) is 14.5. The quantitative estimate of drug-likeness (QED) is 0.347. The highest BCUT2D eigenvalue weighted by atomic mass is 32.2. The molecule has 39 heavy (non-hydrogen) atoms. The molecule has 0 atom stereocenters. The molecule has 1 aliphatic rings. The van der Waals surface area contributed by atoms with Crippen molar-refractivity contribution in [1.29, 1.82) is 0 Å². The van der Waals surface area contributed by atoms with Crippen LogP contribution in [-0.2, 0) is 29.6 Å². The second kappa shape index (κ2) is 12.6. The lowest BCUT2D eigenvalue weighted by Crippen LogP contribution is -2.41. The Labute approximate surface area is 227 Å². The van der Waals surface area contributed by atoms with Crippen molar-refractivity contribution in [2.75, 3.05) is 50.3 Å². The van der Waals surface area contributed by atoms with E-state index in [0.717, 1.165) is 28.6 Å². The standard InChI is InChI=1S/C26H28FN3O7S2/c27-21-6-10-25(11-7-21)39(34,35)30(22-4-2-1-3-5-22)20-26(31)28-14-17-37-23-8-12-24(13-9-23)38(32,33)29-15-18-36-19-16-29/h1-13H,14-20H2,(H,28,31). The van der Waals surface area contributed by atoms with Crippen molar-refractivity contribution in [1.82, 2.24) is 9.62 Å². The summed E-state index contributed by atoms with van der Waals surface area (Å²) in [7, 11) is -7.76. The minimum atomic E-state index is -4.15. The van der Waals surface area contributed by atoms with Gasteiger partial charge in [-0.1, -0.05) is 18.2 Å². The fourth-order valence-corrected chi connectivity index (χ4v) is 6.66. The first kappa shape index (κ1) is 28.5. The van der Waals surface area contributed by atoms with Gasteiger partial charge in [-0.3, -0.25) is 9.10 Å². The zero-order valence-electron chi connectivity index (χ0n) is 20.9. The maximum Gasteiger partial charge on any atom is 0.264 e. The number of ether oxygens (including phenoxy) is 2. The minimum absolute atomic E-state index is 0.0668. The summed E-state index contributed by atoms with van der Waals surface area (Å²) in [6.45, 7) is 0.947. The molecule has 1 saturated heterocycles. The average molecular weight is 578 g/mol. The van der Waals surface area contributed by atoms with Crippen molar-refractivity contribution in [2.24, 2.45) is 0 Å². The number of nitrogens with one attached hydrogen (secondary N) is 1. The molecule has 0 unspecified atom stereocenters. The summed E-state index contributed by atoms with van der Waals surface area (Å²) in [6.07, 6.45) is 0. The molecule has 0 aromatic heterocycles. The molecule has 1 N–H and O–H groups in total. The number of para-hydroxylation sites is 1. The molecule has 0 radical (unpaired) electrons. The number of hydrogen-bond donors (Lipinski definition) is 1. The van der Waals surface area contributed by atoms with Crippen LogP contribution in [0.1, 0.15) is 0 Å². The van der Waals surface area contributed by atoms with Gasteiger partial charge in [0.1, 0.15) is 24.7 Å². The van der Waals surface area contributed by atoms with Crippen LogP contribution >= 0.6 is 0 Å². The van der Waals surface area contributed by atoms with E-state index in [1.807, 2.05) is 0 Å². The van der Waals surface area contributed by atoms with Crippen molar-refractivity contribution >= 4 is 31.6 Å². The Morgan fingerprint density at radius 2 is 1.51 bits per heavy atom. The zero-order valence-corrected chi connectivity index (χ0v) is 22.5. The second-order valence-electron chi connectivity index (χ2n) is 8.49. The topological polar surface area (TPSA) is 122 Å². The molecular weight excluding hydrogens is 549 g/mol. The van der Waals surface area contributed by atoms with Gasteiger partial charge in [0.25, 0.3) is 10.0 Å². The van der Waals surface area contributed by atoms with Crippen LogP contribution in [0.15, 0.2) is 88.7 Å². The van der Waals surface area contributed by atoms with Crippen LogP contribution in [-0.4, -0.2) is 73.0 Å². The summed E-state index contributed by atoms with van der Waals surface area (Å²) in [5, 5.41) is 2.62. The van der Waals surface area contributed by atoms with Crippen LogP contribution in [0.2, 0.25) is 0 Å². The average Bonchev–Trinajstić information content (AvgIpc) is 2.95. The van der Waals surface area contributed by atoms with Crippen molar-refractivity contribution in [3.63, 3.8) is 0 Å². The number of rotatable bonds is 11. The van der Waals surface area contributed by atoms with Gasteiger partial charge >= 0.3 is 0 Å². The summed E-state index contributed by atoms with van der Waals surface area (Å²) in [5.41, 5.74) is 0.278. The van der Waals surface area contributed by atoms with Gasteiger partial charge in [0.2, 0.25) is 15.9 Å². The van der Waals surface area contributed by atoms with E-state index in [4.69, 9.17) is 9.47 Å². The largest absolute Gasteiger partial charge is 0.492 e. The number of morpholine rings is 1. The smallest absolute Gasteiger partial charge is 0.264 e. The van der Waals surface area contributed by atoms with Crippen molar-refractivity contribution in [3.8, 4) is 5.75 Å². The number of halogens is 1. The second-order valence-corrected chi connectivity index (χ2v) is 12.3. The van der Waals surface area contributed by atoms with Gasteiger partial charge in [0.05, 0.1) is 35.2 Å². The van der Waals surface area contributed by atoms with Crippen LogP contribution in [0.3, 0.4) is 0 Å². The van der Waals surface area contributed by atoms with E-state index < -0.39 is 38.3 Å². The third-order valence-electron chi connectivity index (χ3n) is 5.86. The summed E-state index contributed by atoms with van der Waals surface area (Å²) in [4.78, 5) is 12.7. The highest BCUT2D eigenvalue weighted by molar-refractivity contribution is 7.92. The van der Waals surface area contributed by atoms with Crippen molar-refractivity contribution in [2.45, 2.75) is 9.79 Å². The number of nitrogens with zero attached hydrogens (tertiary/aromatic N) is 2. The molecular formula is C26H28FN3O7S2. The maximum absolute atomic E-state index is 13.3. The fraction of sp³-hybridized carbons (Fsp3) is 0.269. The van der Waals surface area contributed by atoms with Gasteiger partial charge in [-0.25, -0.2) is 21.2 Å². The van der Waals surface area contributed by atoms with Crippen LogP contribution < -0.4 is 14.4 Å². The van der Waals surface area contributed by atoms with Crippen LogP contribution in [0.5, 0.6) is 5.75 Å². The SMILES string of the molecule is O=C(CN(c1ccccc1)S(=O)(=O)c1ccc(F)cc1)NCCOc1ccc(S(=O)(=O)N2CCOCC2)cc1. The van der Waals surface area contributed by atoms with Gasteiger partial charge in [-0.15, -0.1) is 0 Å². The number of benzene rings is 3. The molecule has 1 aliphatic heterocycles. The van der Waals surface area contributed by atoms with Crippen LogP contribution in [0.25, 0.3) is 0 Å². The first-order valence-corrected chi connectivity index (χ1v) is 15.0. The molecule has 13 heteroatoms. The van der Waals surface area contributed by atoms with E-state index in [1.54, 1.807) is 30.3 Å². The van der Waals surface area contributed by atoms with Gasteiger partial charge < -0.3 is 14.8 Å². The molecule has 1 fully saturated rings. The molecule has 3 aromatic rings. The van der Waals surface area contributed by atoms with Crippen molar-refractivity contribution in [3.05, 3.63) is 84.7 Å². The van der Waals surface area contributed by atoms with E-state index in [-0.39, 0.29) is 28.6 Å². The van der Waals surface area contributed by atoms with Gasteiger partial charge in [-0.05, 0) is 60.7 Å². The van der Waals surface area contributed by atoms with E-state index in [0.29, 0.717) is 32.1 Å². The van der Waals surface area contributed by atoms with Crippen LogP contribution in [0.4, 0.5) is 10.1 Å². The molecule has 0 saturated carbocycles. The van der Waals surface area contributed by atoms with Crippen molar-refractivity contribution < 1.29 is 35.5 Å². The number of sulfonamides is 2. The lowest BCUT2D eigenvalue weighted by Gasteiger charge is -2.26. The van der Waals surface area contributed by atoms with E-state index in [9.17, 15) is 26.0 Å². The number of carbonyl (C=O) groups excluding carboxylic acids is 1. The van der Waals surface area contributed by atoms with E-state index >= 15 is 0 Å². The lowest BCUT2D eigenvalue weighted by molar-refractivity contribution is -0.119. The summed E-state index contributed by atoms with van der Waals surface area (Å²) < 4.78 is 78.4. The molecule has 3 aromatic carbocycles. The fourth-order valence-electron chi connectivity index (χ4n) is 3.83. The Hall–Kier alpha value is -3.52. The predicted octanol–water partition coefficient (Wildman–Crippen LogP) is 2.24. The summed E-state index contributed by atoms with van der Waals surface area (Å²) in [5.74, 6) is -0.735. The zero-order chi connectivity index (χ0) is 27.9. The van der Waals surface area contributed by atoms with E-state index in [2.05, 4.69) is 5.32 Å². The Balaban J connectivity index is 1.33. The lowest BCUT2D eigenvalue weighted by atomic mass is 10.3. The maximum atomic E-state index is 13.3. The van der Waals surface area contributed by atoms with Gasteiger partial charge in [0, 0.05) is 13.1 Å². The summed E-state index contributed by atoms with van der Waals surface area (Å²) in [6, 6.07) is 18.5.